The van der Waals surface area contributed by atoms with Gasteiger partial charge in [0.15, 0.2) is 18.2 Å². The van der Waals surface area contributed by atoms with Crippen molar-refractivity contribution in [1.29, 1.82) is 0 Å². The van der Waals surface area contributed by atoms with E-state index in [0.717, 1.165) is 23.2 Å². The zero-order chi connectivity index (χ0) is 25.8. The number of cyclic esters (lactones) is 1. The number of carboxylic acid groups (broad SMARTS) is 1. The second-order valence-electron chi connectivity index (χ2n) is 8.79. The molecule has 1 fully saturated rings. The first-order valence-electron chi connectivity index (χ1n) is 11.5. The highest BCUT2D eigenvalue weighted by Crippen LogP contribution is 2.32. The van der Waals surface area contributed by atoms with Crippen LogP contribution in [0.3, 0.4) is 0 Å². The van der Waals surface area contributed by atoms with Crippen molar-refractivity contribution in [1.82, 2.24) is 20.3 Å². The van der Waals surface area contributed by atoms with Crippen LogP contribution < -0.4 is 20.3 Å². The van der Waals surface area contributed by atoms with Crippen LogP contribution in [-0.4, -0.2) is 70.4 Å². The number of ether oxygens (including phenoxy) is 2. The molecule has 0 aromatic carbocycles. The summed E-state index contributed by atoms with van der Waals surface area (Å²) in [6.45, 7) is 4.65. The van der Waals surface area contributed by atoms with E-state index in [1.54, 1.807) is 0 Å². The van der Waals surface area contributed by atoms with Gasteiger partial charge in [-0.3, -0.25) is 19.5 Å². The second-order valence-corrected chi connectivity index (χ2v) is 8.79. The van der Waals surface area contributed by atoms with Crippen LogP contribution in [0.5, 0.6) is 5.88 Å². The molecule has 0 bridgehead atoms. The van der Waals surface area contributed by atoms with Crippen molar-refractivity contribution >= 4 is 30.1 Å². The maximum atomic E-state index is 14.1. The lowest BCUT2D eigenvalue weighted by atomic mass is 9.97. The molecule has 3 aliphatic rings. The van der Waals surface area contributed by atoms with Gasteiger partial charge >= 0.3 is 6.09 Å². The molecule has 192 valence electrons. The van der Waals surface area contributed by atoms with E-state index in [2.05, 4.69) is 32.5 Å². The number of nitrogens with zero attached hydrogens (tertiary/aromatic N) is 4. The van der Waals surface area contributed by atoms with Crippen LogP contribution in [0.15, 0.2) is 12.4 Å². The number of aromatic nitrogens is 3. The molecule has 2 unspecified atom stereocenters. The monoisotopic (exact) mass is 502 g/mol. The Bertz CT molecular complexity index is 1130. The van der Waals surface area contributed by atoms with E-state index in [1.807, 2.05) is 6.92 Å². The zero-order valence-corrected chi connectivity index (χ0v) is 19.9. The lowest BCUT2D eigenvalue weighted by Gasteiger charge is -2.21. The van der Waals surface area contributed by atoms with Gasteiger partial charge in [-0.1, -0.05) is 0 Å². The first kappa shape index (κ1) is 25.2. The van der Waals surface area contributed by atoms with Crippen molar-refractivity contribution < 1.29 is 33.4 Å². The molecule has 3 atom stereocenters. The number of halogens is 1. The Hall–Kier alpha value is -3.87. The van der Waals surface area contributed by atoms with Gasteiger partial charge in [-0.25, -0.2) is 19.2 Å². The van der Waals surface area contributed by atoms with Gasteiger partial charge in [0.2, 0.25) is 0 Å². The molecule has 1 aliphatic carbocycles. The molecule has 0 radical (unpaired) electrons. The molecule has 3 N–H and O–H groups in total. The lowest BCUT2D eigenvalue weighted by molar-refractivity contribution is -0.123. The van der Waals surface area contributed by atoms with Crippen LogP contribution in [0.1, 0.15) is 30.2 Å². The number of rotatable bonds is 6. The minimum Gasteiger partial charge on any atom is -0.483 e. The van der Waals surface area contributed by atoms with E-state index in [9.17, 15) is 14.0 Å². The summed E-state index contributed by atoms with van der Waals surface area (Å²) >= 11 is 0. The third kappa shape index (κ3) is 5.35. The summed E-state index contributed by atoms with van der Waals surface area (Å²) in [5.74, 6) is 0.456. The highest BCUT2D eigenvalue weighted by Gasteiger charge is 2.35. The Morgan fingerprint density at radius 3 is 2.81 bits per heavy atom. The number of hydrogen-bond donors (Lipinski definition) is 3. The van der Waals surface area contributed by atoms with E-state index in [0.29, 0.717) is 37.7 Å². The summed E-state index contributed by atoms with van der Waals surface area (Å²) in [5, 5.41) is 13.0. The quantitative estimate of drug-likeness (QED) is 0.494. The summed E-state index contributed by atoms with van der Waals surface area (Å²) in [7, 11) is 0. The number of aryl methyl sites for hydroxylation is 1. The Labute approximate surface area is 206 Å². The molecule has 36 heavy (non-hydrogen) atoms. The summed E-state index contributed by atoms with van der Waals surface area (Å²) in [5.41, 5.74) is 2.71. The van der Waals surface area contributed by atoms with Gasteiger partial charge < -0.3 is 25.2 Å². The fraction of sp³-hybridized carbons (Fsp3) is 0.478. The lowest BCUT2D eigenvalue weighted by Crippen LogP contribution is -2.36. The van der Waals surface area contributed by atoms with Crippen molar-refractivity contribution in [3.63, 3.8) is 0 Å². The van der Waals surface area contributed by atoms with E-state index in [1.165, 1.54) is 17.3 Å². The summed E-state index contributed by atoms with van der Waals surface area (Å²) in [6.07, 6.45) is 4.06. The summed E-state index contributed by atoms with van der Waals surface area (Å²) < 4.78 is 24.8. The molecule has 2 aromatic heterocycles. The van der Waals surface area contributed by atoms with E-state index >= 15 is 0 Å². The molecule has 0 spiro atoms. The van der Waals surface area contributed by atoms with E-state index < -0.39 is 6.09 Å². The minimum absolute atomic E-state index is 0.112. The van der Waals surface area contributed by atoms with Crippen molar-refractivity contribution in [2.75, 3.05) is 29.9 Å². The number of hydrogen-bond acceptors (Lipinski definition) is 9. The molecular weight excluding hydrogens is 475 g/mol. The molecule has 2 amide bonds. The topological polar surface area (TPSA) is 156 Å². The molecule has 13 heteroatoms. The average Bonchev–Trinajstić information content (AvgIpc) is 3.46. The first-order chi connectivity index (χ1) is 17.3. The number of nitrogens with one attached hydrogen (secondary N) is 2. The Morgan fingerprint density at radius 2 is 2.06 bits per heavy atom. The van der Waals surface area contributed by atoms with Crippen molar-refractivity contribution in [2.24, 2.45) is 5.92 Å². The van der Waals surface area contributed by atoms with Crippen LogP contribution in [0.25, 0.3) is 0 Å². The van der Waals surface area contributed by atoms with Gasteiger partial charge in [-0.05, 0) is 56.7 Å². The number of fused-ring (bicyclic) bond motifs is 2. The Morgan fingerprint density at radius 1 is 1.31 bits per heavy atom. The van der Waals surface area contributed by atoms with Crippen LogP contribution >= 0.6 is 0 Å². The van der Waals surface area contributed by atoms with Gasteiger partial charge in [0.25, 0.3) is 18.3 Å². The van der Waals surface area contributed by atoms with Gasteiger partial charge in [-0.15, -0.1) is 0 Å². The van der Waals surface area contributed by atoms with E-state index in [-0.39, 0.29) is 48.6 Å². The highest BCUT2D eigenvalue weighted by molar-refractivity contribution is 5.94. The largest absolute Gasteiger partial charge is 0.483 e. The molecule has 2 aromatic rings. The predicted octanol–water partition coefficient (Wildman–Crippen LogP) is 1.46. The molecule has 12 nitrogen and oxygen atoms in total. The third-order valence-corrected chi connectivity index (χ3v) is 6.51. The number of amides is 2. The maximum Gasteiger partial charge on any atom is 0.415 e. The fourth-order valence-corrected chi connectivity index (χ4v) is 4.60. The van der Waals surface area contributed by atoms with Crippen LogP contribution in [0.2, 0.25) is 0 Å². The molecule has 1 saturated heterocycles. The Balaban J connectivity index is 0.000000967. The van der Waals surface area contributed by atoms with Gasteiger partial charge in [-0.2, -0.15) is 0 Å². The van der Waals surface area contributed by atoms with Crippen LogP contribution in [0.4, 0.5) is 20.8 Å². The van der Waals surface area contributed by atoms with Crippen molar-refractivity contribution in [3.05, 3.63) is 35.0 Å². The molecule has 2 aliphatic heterocycles. The number of pyridine rings is 1. The average molecular weight is 503 g/mol. The van der Waals surface area contributed by atoms with E-state index in [4.69, 9.17) is 19.4 Å². The molecular formula is C23H27FN6O6. The number of carbonyl (C=O) groups is 3. The second kappa shape index (κ2) is 10.8. The molecule has 4 heterocycles. The van der Waals surface area contributed by atoms with Crippen LogP contribution in [0, 0.1) is 18.7 Å². The van der Waals surface area contributed by atoms with Crippen molar-refractivity contribution in [3.8, 4) is 5.88 Å². The summed E-state index contributed by atoms with van der Waals surface area (Å²) in [4.78, 5) is 46.2. The van der Waals surface area contributed by atoms with Crippen LogP contribution in [-0.2, 0) is 27.2 Å². The fourth-order valence-electron chi connectivity index (χ4n) is 4.60. The standard InChI is InChI=1S/C22H25FN6O4.CH2O2/c1-11(13-5-15-12(2)25-7-17(23)16(15)6-13)24-4-3-14-9-29(22(31)33-14)18-8-26-21-20(27-18)28-19(30)10-32-21;2-1-3/h7-8,11,13-14,24H,3-6,9-10H2,1-2H3,(H,27,28,30);1H,(H,2,3)/t11?,13?,14-;/m1./s1. The number of carbonyl (C=O) groups excluding carboxylic acids is 2. The summed E-state index contributed by atoms with van der Waals surface area (Å²) in [6, 6.07) is 0.180. The third-order valence-electron chi connectivity index (χ3n) is 6.51. The smallest absolute Gasteiger partial charge is 0.415 e. The molecule has 5 rings (SSSR count). The predicted molar refractivity (Wildman–Crippen MR) is 124 cm³/mol. The normalized spacial score (nSPS) is 20.8. The SMILES string of the molecule is Cc1ncc(F)c2c1CC(C(C)NCC[C@@H]1CN(c3cnc4c(n3)NC(=O)CO4)C(=O)O1)C2.O=CO. The first-order valence-corrected chi connectivity index (χ1v) is 11.5. The van der Waals surface area contributed by atoms with Gasteiger partial charge in [0, 0.05) is 11.7 Å². The minimum atomic E-state index is -0.505. The zero-order valence-electron chi connectivity index (χ0n) is 19.9. The highest BCUT2D eigenvalue weighted by atomic mass is 19.1. The maximum absolute atomic E-state index is 14.1. The van der Waals surface area contributed by atoms with Gasteiger partial charge in [0.05, 0.1) is 18.9 Å². The van der Waals surface area contributed by atoms with Gasteiger partial charge in [0.1, 0.15) is 11.9 Å². The number of anilines is 2. The molecule has 0 saturated carbocycles. The van der Waals surface area contributed by atoms with Crippen molar-refractivity contribution in [2.45, 2.75) is 45.3 Å². The Kier molecular flexibility index (Phi) is 7.58.